The molecule has 9 heteroatoms. The van der Waals surface area contributed by atoms with Gasteiger partial charge in [-0.25, -0.2) is 9.97 Å². The summed E-state index contributed by atoms with van der Waals surface area (Å²) < 4.78 is 11.3. The summed E-state index contributed by atoms with van der Waals surface area (Å²) in [5, 5.41) is 12.6. The summed E-state index contributed by atoms with van der Waals surface area (Å²) in [7, 11) is 0. The van der Waals surface area contributed by atoms with Gasteiger partial charge in [0.05, 0.1) is 41.4 Å². The third kappa shape index (κ3) is 3.77. The van der Waals surface area contributed by atoms with Gasteiger partial charge in [0.25, 0.3) is 0 Å². The van der Waals surface area contributed by atoms with Gasteiger partial charge in [0.2, 0.25) is 0 Å². The number of benzene rings is 1. The van der Waals surface area contributed by atoms with Crippen LogP contribution in [0.4, 0.5) is 11.5 Å². The van der Waals surface area contributed by atoms with Crippen LogP contribution in [0.2, 0.25) is 0 Å². The lowest BCUT2D eigenvalue weighted by molar-refractivity contribution is -0.148. The zero-order chi connectivity index (χ0) is 22.2. The number of hydrogen-bond donors (Lipinski definition) is 2. The number of hydrogen-bond acceptors (Lipinski definition) is 8. The summed E-state index contributed by atoms with van der Waals surface area (Å²) >= 11 is 1.64. The van der Waals surface area contributed by atoms with E-state index in [-0.39, 0.29) is 18.0 Å². The highest BCUT2D eigenvalue weighted by atomic mass is 32.1. The molecule has 0 radical (unpaired) electrons. The minimum absolute atomic E-state index is 0.0232. The van der Waals surface area contributed by atoms with Crippen molar-refractivity contribution in [2.45, 2.75) is 46.1 Å². The van der Waals surface area contributed by atoms with Crippen LogP contribution in [0.3, 0.4) is 0 Å². The second-order valence-electron chi connectivity index (χ2n) is 8.20. The maximum Gasteiger partial charge on any atom is 0.309 e. The first-order valence-corrected chi connectivity index (χ1v) is 11.7. The molecule has 1 aromatic carbocycles. The lowest BCUT2D eigenvalue weighted by Crippen LogP contribution is -2.23. The van der Waals surface area contributed by atoms with E-state index in [1.807, 2.05) is 32.9 Å². The molecule has 0 saturated heterocycles. The van der Waals surface area contributed by atoms with E-state index in [1.165, 1.54) is 10.4 Å². The first-order valence-electron chi connectivity index (χ1n) is 10.9. The molecular formula is C23H25N5O3S. The molecule has 1 aliphatic carbocycles. The van der Waals surface area contributed by atoms with Crippen LogP contribution in [0.1, 0.15) is 37.6 Å². The molecule has 1 atom stereocenters. The molecule has 3 heterocycles. The van der Waals surface area contributed by atoms with E-state index < -0.39 is 0 Å². The van der Waals surface area contributed by atoms with Crippen molar-refractivity contribution < 1.29 is 14.3 Å². The molecule has 2 N–H and O–H groups in total. The standard InChI is InChI=1S/C23H25N5O3S/c1-4-30-23(29)13-5-6-15-19(8-13)32-22-20(15)21(24-11-25-22)27-17-7-14-10-26-28-16(14)9-18(17)31-12(2)3/h7,9-13H,4-6,8H2,1-3H3,(H,26,28)(H,24,25,27)/t13-/m1/s1. The Bertz CT molecular complexity index is 1300. The molecule has 8 nitrogen and oxygen atoms in total. The van der Waals surface area contributed by atoms with Gasteiger partial charge in [-0.05, 0) is 51.7 Å². The number of aryl methyl sites for hydroxylation is 1. The molecule has 3 aromatic heterocycles. The number of ether oxygens (including phenoxy) is 2. The summed E-state index contributed by atoms with van der Waals surface area (Å²) in [6.07, 6.45) is 5.66. The Morgan fingerprint density at radius 1 is 1.34 bits per heavy atom. The average Bonchev–Trinajstić information content (AvgIpc) is 3.37. The maximum absolute atomic E-state index is 12.3. The zero-order valence-electron chi connectivity index (χ0n) is 18.3. The Hall–Kier alpha value is -3.20. The number of carbonyl (C=O) groups is 1. The number of aromatic nitrogens is 4. The third-order valence-corrected chi connectivity index (χ3v) is 6.78. The van der Waals surface area contributed by atoms with Crippen molar-refractivity contribution in [1.29, 1.82) is 0 Å². The molecular weight excluding hydrogens is 426 g/mol. The first-order chi connectivity index (χ1) is 15.5. The fraction of sp³-hybridized carbons (Fsp3) is 0.391. The first kappa shape index (κ1) is 20.7. The number of anilines is 2. The number of thiophene rings is 1. The van der Waals surface area contributed by atoms with E-state index in [2.05, 4.69) is 25.5 Å². The van der Waals surface area contributed by atoms with Crippen LogP contribution in [-0.4, -0.2) is 38.8 Å². The number of H-pyrrole nitrogens is 1. The predicted molar refractivity (Wildman–Crippen MR) is 125 cm³/mol. The fourth-order valence-corrected chi connectivity index (χ4v) is 5.48. The van der Waals surface area contributed by atoms with E-state index in [0.717, 1.165) is 51.2 Å². The number of nitrogens with zero attached hydrogens (tertiary/aromatic N) is 3. The second-order valence-corrected chi connectivity index (χ2v) is 9.28. The maximum atomic E-state index is 12.3. The van der Waals surface area contributed by atoms with Gasteiger partial charge in [-0.1, -0.05) is 0 Å². The number of nitrogens with one attached hydrogen (secondary N) is 2. The highest BCUT2D eigenvalue weighted by Crippen LogP contribution is 2.42. The molecule has 0 bridgehead atoms. The Morgan fingerprint density at radius 2 is 2.22 bits per heavy atom. The molecule has 4 aromatic rings. The van der Waals surface area contributed by atoms with Crippen LogP contribution in [-0.2, 0) is 22.4 Å². The minimum atomic E-state index is -0.107. The van der Waals surface area contributed by atoms with Gasteiger partial charge in [0.1, 0.15) is 22.7 Å². The van der Waals surface area contributed by atoms with E-state index in [0.29, 0.717) is 13.0 Å². The van der Waals surface area contributed by atoms with Crippen LogP contribution < -0.4 is 10.1 Å². The van der Waals surface area contributed by atoms with Crippen molar-refractivity contribution in [1.82, 2.24) is 20.2 Å². The van der Waals surface area contributed by atoms with Crippen molar-refractivity contribution in [3.63, 3.8) is 0 Å². The summed E-state index contributed by atoms with van der Waals surface area (Å²) in [5.41, 5.74) is 2.97. The van der Waals surface area contributed by atoms with Gasteiger partial charge in [0.15, 0.2) is 0 Å². The molecule has 1 aliphatic rings. The van der Waals surface area contributed by atoms with Crippen molar-refractivity contribution in [2.24, 2.45) is 5.92 Å². The highest BCUT2D eigenvalue weighted by molar-refractivity contribution is 7.19. The van der Waals surface area contributed by atoms with Crippen molar-refractivity contribution in [3.05, 3.63) is 35.1 Å². The zero-order valence-corrected chi connectivity index (χ0v) is 19.1. The van der Waals surface area contributed by atoms with Gasteiger partial charge in [0, 0.05) is 16.3 Å². The van der Waals surface area contributed by atoms with Crippen LogP contribution in [0.5, 0.6) is 5.75 Å². The Kier molecular flexibility index (Phi) is 5.42. The summed E-state index contributed by atoms with van der Waals surface area (Å²) in [6.45, 7) is 6.26. The highest BCUT2D eigenvalue weighted by Gasteiger charge is 2.30. The van der Waals surface area contributed by atoms with Gasteiger partial charge < -0.3 is 14.8 Å². The van der Waals surface area contributed by atoms with E-state index in [4.69, 9.17) is 9.47 Å². The van der Waals surface area contributed by atoms with Gasteiger partial charge >= 0.3 is 5.97 Å². The second kappa shape index (κ2) is 8.38. The Labute approximate surface area is 189 Å². The molecule has 0 fully saturated rings. The lowest BCUT2D eigenvalue weighted by Gasteiger charge is -2.21. The van der Waals surface area contributed by atoms with Crippen LogP contribution in [0.15, 0.2) is 24.7 Å². The normalized spacial score (nSPS) is 15.8. The van der Waals surface area contributed by atoms with Gasteiger partial charge in [-0.15, -0.1) is 11.3 Å². The molecule has 166 valence electrons. The molecule has 32 heavy (non-hydrogen) atoms. The Morgan fingerprint density at radius 3 is 3.03 bits per heavy atom. The number of rotatable bonds is 6. The predicted octanol–water partition coefficient (Wildman–Crippen LogP) is 4.77. The molecule has 5 rings (SSSR count). The SMILES string of the molecule is CCOC(=O)[C@@H]1CCc2c(sc3ncnc(Nc4cc5cn[nH]c5cc4OC(C)C)c23)C1. The monoisotopic (exact) mass is 451 g/mol. The number of esters is 1. The molecule has 0 spiro atoms. The number of carbonyl (C=O) groups excluding carboxylic acids is 1. The number of fused-ring (bicyclic) bond motifs is 4. The summed E-state index contributed by atoms with van der Waals surface area (Å²) in [5.74, 6) is 1.28. The van der Waals surface area contributed by atoms with Gasteiger partial charge in [-0.3, -0.25) is 9.89 Å². The fourth-order valence-electron chi connectivity index (χ4n) is 4.21. The van der Waals surface area contributed by atoms with E-state index in [1.54, 1.807) is 23.9 Å². The molecule has 0 aliphatic heterocycles. The molecule has 0 saturated carbocycles. The van der Waals surface area contributed by atoms with Crippen molar-refractivity contribution in [2.75, 3.05) is 11.9 Å². The van der Waals surface area contributed by atoms with Gasteiger partial charge in [-0.2, -0.15) is 5.10 Å². The van der Waals surface area contributed by atoms with Crippen LogP contribution >= 0.6 is 11.3 Å². The average molecular weight is 452 g/mol. The third-order valence-electron chi connectivity index (χ3n) is 5.62. The summed E-state index contributed by atoms with van der Waals surface area (Å²) in [6, 6.07) is 3.97. The topological polar surface area (TPSA) is 102 Å². The Balaban J connectivity index is 1.53. The smallest absolute Gasteiger partial charge is 0.309 e. The summed E-state index contributed by atoms with van der Waals surface area (Å²) in [4.78, 5) is 23.5. The van der Waals surface area contributed by atoms with Crippen molar-refractivity contribution in [3.8, 4) is 5.75 Å². The quantitative estimate of drug-likeness (QED) is 0.407. The minimum Gasteiger partial charge on any atom is -0.489 e. The largest absolute Gasteiger partial charge is 0.489 e. The molecule has 0 unspecified atom stereocenters. The van der Waals surface area contributed by atoms with E-state index >= 15 is 0 Å². The lowest BCUT2D eigenvalue weighted by atomic mass is 9.88. The van der Waals surface area contributed by atoms with Crippen LogP contribution in [0, 0.1) is 5.92 Å². The van der Waals surface area contributed by atoms with Crippen LogP contribution in [0.25, 0.3) is 21.1 Å². The van der Waals surface area contributed by atoms with E-state index in [9.17, 15) is 4.79 Å². The van der Waals surface area contributed by atoms with Crippen molar-refractivity contribution >= 4 is 49.9 Å². The molecule has 0 amide bonds. The number of aromatic amines is 1.